The van der Waals surface area contributed by atoms with Crippen LogP contribution < -0.4 is 5.32 Å². The van der Waals surface area contributed by atoms with Gasteiger partial charge in [0.1, 0.15) is 10.7 Å². The second kappa shape index (κ2) is 4.62. The van der Waals surface area contributed by atoms with Gasteiger partial charge in [0.2, 0.25) is 5.95 Å². The van der Waals surface area contributed by atoms with E-state index in [0.29, 0.717) is 10.8 Å². The third kappa shape index (κ3) is 2.50. The summed E-state index contributed by atoms with van der Waals surface area (Å²) in [5, 5.41) is 10.2. The SMILES string of the molecule is CCc1nc(NC(=O)c2sc(C)nc2C)n[nH]1. The minimum Gasteiger partial charge on any atom is -0.288 e. The number of nitrogens with zero attached hydrogens (tertiary/aromatic N) is 3. The van der Waals surface area contributed by atoms with E-state index in [9.17, 15) is 4.79 Å². The molecular weight excluding hydrogens is 238 g/mol. The molecule has 0 aliphatic carbocycles. The van der Waals surface area contributed by atoms with E-state index < -0.39 is 0 Å². The highest BCUT2D eigenvalue weighted by atomic mass is 32.1. The number of nitrogens with one attached hydrogen (secondary N) is 2. The Labute approximate surface area is 103 Å². The lowest BCUT2D eigenvalue weighted by Gasteiger charge is -1.97. The predicted octanol–water partition coefficient (Wildman–Crippen LogP) is 1.69. The number of anilines is 1. The zero-order valence-corrected chi connectivity index (χ0v) is 10.7. The zero-order valence-electron chi connectivity index (χ0n) is 9.87. The fourth-order valence-electron chi connectivity index (χ4n) is 1.41. The van der Waals surface area contributed by atoms with Gasteiger partial charge in [-0.05, 0) is 13.8 Å². The first-order valence-electron chi connectivity index (χ1n) is 5.26. The lowest BCUT2D eigenvalue weighted by Crippen LogP contribution is -2.12. The molecule has 7 heteroatoms. The molecule has 2 heterocycles. The van der Waals surface area contributed by atoms with Crippen LogP contribution in [-0.2, 0) is 6.42 Å². The normalized spacial score (nSPS) is 10.5. The van der Waals surface area contributed by atoms with Crippen LogP contribution in [0.15, 0.2) is 0 Å². The van der Waals surface area contributed by atoms with E-state index in [1.165, 1.54) is 11.3 Å². The first-order chi connectivity index (χ1) is 8.10. The lowest BCUT2D eigenvalue weighted by molar-refractivity contribution is 0.102. The van der Waals surface area contributed by atoms with Gasteiger partial charge < -0.3 is 0 Å². The van der Waals surface area contributed by atoms with Crippen molar-refractivity contribution in [2.45, 2.75) is 27.2 Å². The van der Waals surface area contributed by atoms with Gasteiger partial charge in [0.05, 0.1) is 10.7 Å². The van der Waals surface area contributed by atoms with Crippen molar-refractivity contribution in [1.29, 1.82) is 0 Å². The Morgan fingerprint density at radius 1 is 1.41 bits per heavy atom. The van der Waals surface area contributed by atoms with Crippen LogP contribution in [-0.4, -0.2) is 26.1 Å². The molecule has 0 saturated carbocycles. The van der Waals surface area contributed by atoms with E-state index in [0.717, 1.165) is 22.9 Å². The van der Waals surface area contributed by atoms with Crippen LogP contribution >= 0.6 is 11.3 Å². The molecule has 0 bridgehead atoms. The maximum absolute atomic E-state index is 11.9. The molecule has 90 valence electrons. The van der Waals surface area contributed by atoms with Crippen molar-refractivity contribution < 1.29 is 4.79 Å². The number of hydrogen-bond acceptors (Lipinski definition) is 5. The van der Waals surface area contributed by atoms with Gasteiger partial charge in [0.25, 0.3) is 5.91 Å². The molecule has 0 unspecified atom stereocenters. The number of rotatable bonds is 3. The number of H-pyrrole nitrogens is 1. The molecule has 2 rings (SSSR count). The largest absolute Gasteiger partial charge is 0.288 e. The molecule has 0 atom stereocenters. The van der Waals surface area contributed by atoms with Crippen molar-refractivity contribution in [3.8, 4) is 0 Å². The molecule has 0 aliphatic rings. The Bertz CT molecular complexity index is 545. The molecule has 1 amide bonds. The van der Waals surface area contributed by atoms with Gasteiger partial charge in [-0.1, -0.05) is 6.92 Å². The average molecular weight is 251 g/mol. The first-order valence-corrected chi connectivity index (χ1v) is 6.08. The van der Waals surface area contributed by atoms with Gasteiger partial charge in [-0.3, -0.25) is 15.2 Å². The van der Waals surface area contributed by atoms with Crippen LogP contribution in [0, 0.1) is 13.8 Å². The van der Waals surface area contributed by atoms with Gasteiger partial charge in [-0.25, -0.2) is 4.98 Å². The third-order valence-corrected chi connectivity index (χ3v) is 3.27. The van der Waals surface area contributed by atoms with Gasteiger partial charge >= 0.3 is 0 Å². The quantitative estimate of drug-likeness (QED) is 0.869. The summed E-state index contributed by atoms with van der Waals surface area (Å²) in [6.45, 7) is 5.65. The average Bonchev–Trinajstić information content (AvgIpc) is 2.85. The highest BCUT2D eigenvalue weighted by molar-refractivity contribution is 7.13. The Kier molecular flexibility index (Phi) is 3.19. The number of aryl methyl sites for hydroxylation is 3. The number of carbonyl (C=O) groups excluding carboxylic acids is 1. The number of hydrogen-bond donors (Lipinski definition) is 2. The van der Waals surface area contributed by atoms with Crippen molar-refractivity contribution in [2.24, 2.45) is 0 Å². The predicted molar refractivity (Wildman–Crippen MR) is 65.3 cm³/mol. The van der Waals surface area contributed by atoms with Crippen LogP contribution in [0.4, 0.5) is 5.95 Å². The van der Waals surface area contributed by atoms with Crippen LogP contribution in [0.5, 0.6) is 0 Å². The maximum Gasteiger partial charge on any atom is 0.270 e. The summed E-state index contributed by atoms with van der Waals surface area (Å²) in [7, 11) is 0. The summed E-state index contributed by atoms with van der Waals surface area (Å²) >= 11 is 1.37. The van der Waals surface area contributed by atoms with Crippen LogP contribution in [0.25, 0.3) is 0 Å². The Hall–Kier alpha value is -1.76. The second-order valence-electron chi connectivity index (χ2n) is 3.56. The summed E-state index contributed by atoms with van der Waals surface area (Å²) < 4.78 is 0. The molecule has 2 aromatic rings. The molecular formula is C10H13N5OS. The van der Waals surface area contributed by atoms with Crippen molar-refractivity contribution in [3.63, 3.8) is 0 Å². The van der Waals surface area contributed by atoms with Gasteiger partial charge in [0, 0.05) is 6.42 Å². The molecule has 0 aromatic carbocycles. The fraction of sp³-hybridized carbons (Fsp3) is 0.400. The highest BCUT2D eigenvalue weighted by Gasteiger charge is 2.15. The smallest absolute Gasteiger partial charge is 0.270 e. The van der Waals surface area contributed by atoms with Crippen molar-refractivity contribution in [3.05, 3.63) is 21.4 Å². The Morgan fingerprint density at radius 2 is 2.18 bits per heavy atom. The number of amides is 1. The van der Waals surface area contributed by atoms with Crippen LogP contribution in [0.3, 0.4) is 0 Å². The lowest BCUT2D eigenvalue weighted by atomic mass is 10.4. The van der Waals surface area contributed by atoms with Gasteiger partial charge in [-0.2, -0.15) is 4.98 Å². The minimum atomic E-state index is -0.213. The van der Waals surface area contributed by atoms with Crippen molar-refractivity contribution >= 4 is 23.2 Å². The third-order valence-electron chi connectivity index (χ3n) is 2.20. The van der Waals surface area contributed by atoms with E-state index in [1.807, 2.05) is 20.8 Å². The molecule has 0 aliphatic heterocycles. The topological polar surface area (TPSA) is 83.6 Å². The first kappa shape index (κ1) is 11.7. The number of aromatic nitrogens is 4. The van der Waals surface area contributed by atoms with Gasteiger partial charge in [0.15, 0.2) is 0 Å². The molecule has 0 fully saturated rings. The van der Waals surface area contributed by atoms with E-state index in [-0.39, 0.29) is 5.91 Å². The number of aromatic amines is 1. The molecule has 2 N–H and O–H groups in total. The standard InChI is InChI=1S/C10H13N5OS/c1-4-7-12-10(15-14-7)13-9(16)8-5(2)11-6(3)17-8/h4H2,1-3H3,(H2,12,13,14,15,16). The molecule has 0 radical (unpaired) electrons. The fourth-order valence-corrected chi connectivity index (χ4v) is 2.22. The van der Waals surface area contributed by atoms with Crippen LogP contribution in [0.2, 0.25) is 0 Å². The second-order valence-corrected chi connectivity index (χ2v) is 4.76. The maximum atomic E-state index is 11.9. The zero-order chi connectivity index (χ0) is 12.4. The minimum absolute atomic E-state index is 0.213. The Balaban J connectivity index is 2.14. The molecule has 6 nitrogen and oxygen atoms in total. The molecule has 2 aromatic heterocycles. The monoisotopic (exact) mass is 251 g/mol. The summed E-state index contributed by atoms with van der Waals surface area (Å²) in [6.07, 6.45) is 0.752. The summed E-state index contributed by atoms with van der Waals surface area (Å²) in [6, 6.07) is 0. The molecule has 0 spiro atoms. The van der Waals surface area contributed by atoms with Crippen LogP contribution in [0.1, 0.15) is 33.1 Å². The van der Waals surface area contributed by atoms with E-state index in [1.54, 1.807) is 0 Å². The highest BCUT2D eigenvalue weighted by Crippen LogP contribution is 2.18. The number of carbonyl (C=O) groups is 1. The number of thiazole rings is 1. The van der Waals surface area contributed by atoms with Crippen molar-refractivity contribution in [1.82, 2.24) is 20.2 Å². The Morgan fingerprint density at radius 3 is 2.71 bits per heavy atom. The van der Waals surface area contributed by atoms with E-state index in [4.69, 9.17) is 0 Å². The summed E-state index contributed by atoms with van der Waals surface area (Å²) in [4.78, 5) is 20.8. The van der Waals surface area contributed by atoms with E-state index in [2.05, 4.69) is 25.5 Å². The van der Waals surface area contributed by atoms with E-state index >= 15 is 0 Å². The van der Waals surface area contributed by atoms with Crippen molar-refractivity contribution in [2.75, 3.05) is 5.32 Å². The summed E-state index contributed by atoms with van der Waals surface area (Å²) in [5.74, 6) is 0.838. The molecule has 0 saturated heterocycles. The molecule has 17 heavy (non-hydrogen) atoms. The van der Waals surface area contributed by atoms with Gasteiger partial charge in [-0.15, -0.1) is 16.4 Å². The summed E-state index contributed by atoms with van der Waals surface area (Å²) in [5.41, 5.74) is 0.733.